The summed E-state index contributed by atoms with van der Waals surface area (Å²) in [7, 11) is 0. The monoisotopic (exact) mass is 249 g/mol. The first-order valence-corrected chi connectivity index (χ1v) is 6.19. The lowest BCUT2D eigenvalue weighted by Gasteiger charge is -2.28. The lowest BCUT2D eigenvalue weighted by molar-refractivity contribution is -0.110. The van der Waals surface area contributed by atoms with E-state index in [0.29, 0.717) is 10.8 Å². The van der Waals surface area contributed by atoms with E-state index in [2.05, 4.69) is 10.3 Å². The number of nitrogens with one attached hydrogen (secondary N) is 1. The third-order valence-corrected chi connectivity index (χ3v) is 3.19. The van der Waals surface area contributed by atoms with E-state index >= 15 is 0 Å². The summed E-state index contributed by atoms with van der Waals surface area (Å²) in [5.74, 6) is 0.303. The summed E-state index contributed by atoms with van der Waals surface area (Å²) < 4.78 is 0. The minimum absolute atomic E-state index is 0.236. The zero-order chi connectivity index (χ0) is 12.1. The van der Waals surface area contributed by atoms with E-state index < -0.39 is 0 Å². The van der Waals surface area contributed by atoms with Gasteiger partial charge in [-0.25, -0.2) is 4.98 Å². The van der Waals surface area contributed by atoms with Crippen LogP contribution in [0.25, 0.3) is 0 Å². The van der Waals surface area contributed by atoms with Crippen molar-refractivity contribution < 1.29 is 4.79 Å². The van der Waals surface area contributed by atoms with Crippen molar-refractivity contribution >= 4 is 28.9 Å². The summed E-state index contributed by atoms with van der Waals surface area (Å²) >= 11 is 5.18. The Morgan fingerprint density at radius 3 is 2.71 bits per heavy atom. The third kappa shape index (κ3) is 3.23. The number of hydrogen-bond acceptors (Lipinski definition) is 3. The largest absolute Gasteiger partial charge is 0.358 e. The van der Waals surface area contributed by atoms with Crippen LogP contribution >= 0.6 is 12.2 Å². The van der Waals surface area contributed by atoms with Crippen LogP contribution < -0.4 is 5.32 Å². The smallest absolute Gasteiger partial charge is 0.284 e. The molecule has 0 atom stereocenters. The van der Waals surface area contributed by atoms with Gasteiger partial charge >= 0.3 is 0 Å². The van der Waals surface area contributed by atoms with Crippen molar-refractivity contribution in [1.82, 2.24) is 9.88 Å². The lowest BCUT2D eigenvalue weighted by Crippen LogP contribution is -2.41. The highest BCUT2D eigenvalue weighted by Gasteiger charge is 2.19. The number of amides is 1. The highest BCUT2D eigenvalue weighted by atomic mass is 32.1. The molecule has 0 bridgehead atoms. The van der Waals surface area contributed by atoms with Crippen LogP contribution in [0.4, 0.5) is 5.82 Å². The van der Waals surface area contributed by atoms with E-state index in [1.54, 1.807) is 18.3 Å². The van der Waals surface area contributed by atoms with Gasteiger partial charge < -0.3 is 10.2 Å². The summed E-state index contributed by atoms with van der Waals surface area (Å²) in [6.45, 7) is 1.77. The number of pyridine rings is 1. The molecular weight excluding hydrogens is 234 g/mol. The molecular formula is C12H15N3OS. The van der Waals surface area contributed by atoms with E-state index in [0.717, 1.165) is 25.9 Å². The highest BCUT2D eigenvalue weighted by molar-refractivity contribution is 7.82. The molecule has 90 valence electrons. The standard InChI is InChI=1S/C12H15N3OS/c16-11(14-10-6-2-3-7-13-10)12(17)15-8-4-1-5-9-15/h2-3,6-7H,1,4-5,8-9H2,(H,13,14,16). The molecule has 0 aliphatic carbocycles. The van der Waals surface area contributed by atoms with Gasteiger partial charge in [0.1, 0.15) is 5.82 Å². The average molecular weight is 249 g/mol. The zero-order valence-corrected chi connectivity index (χ0v) is 10.4. The van der Waals surface area contributed by atoms with Crippen molar-refractivity contribution in [2.24, 2.45) is 0 Å². The number of thiocarbonyl (C=S) groups is 1. The van der Waals surface area contributed by atoms with Gasteiger partial charge in [0.2, 0.25) is 0 Å². The Morgan fingerprint density at radius 2 is 2.06 bits per heavy atom. The molecule has 4 nitrogen and oxygen atoms in total. The number of carbonyl (C=O) groups excluding carboxylic acids is 1. The zero-order valence-electron chi connectivity index (χ0n) is 9.56. The van der Waals surface area contributed by atoms with Gasteiger partial charge in [-0.2, -0.15) is 0 Å². The minimum Gasteiger partial charge on any atom is -0.358 e. The first-order valence-electron chi connectivity index (χ1n) is 5.78. The molecule has 1 aliphatic heterocycles. The second-order valence-corrected chi connectivity index (χ2v) is 4.41. The molecule has 5 heteroatoms. The molecule has 1 aromatic heterocycles. The van der Waals surface area contributed by atoms with Gasteiger partial charge in [-0.15, -0.1) is 0 Å². The SMILES string of the molecule is O=C(Nc1ccccn1)C(=S)N1CCCCC1. The molecule has 17 heavy (non-hydrogen) atoms. The molecule has 1 saturated heterocycles. The molecule has 1 amide bonds. The lowest BCUT2D eigenvalue weighted by atomic mass is 10.1. The predicted octanol–water partition coefficient (Wildman–Crippen LogP) is 1.83. The molecule has 0 unspecified atom stereocenters. The maximum absolute atomic E-state index is 11.9. The maximum Gasteiger partial charge on any atom is 0.284 e. The molecule has 2 heterocycles. The van der Waals surface area contributed by atoms with Crippen LogP contribution in [0.1, 0.15) is 19.3 Å². The molecule has 2 rings (SSSR count). The Balaban J connectivity index is 1.93. The van der Waals surface area contributed by atoms with E-state index in [1.165, 1.54) is 6.42 Å². The number of carbonyl (C=O) groups is 1. The van der Waals surface area contributed by atoms with E-state index in [-0.39, 0.29) is 5.91 Å². The molecule has 1 fully saturated rings. The van der Waals surface area contributed by atoms with Crippen LogP contribution in [0.15, 0.2) is 24.4 Å². The van der Waals surface area contributed by atoms with Crippen LogP contribution in [0, 0.1) is 0 Å². The second-order valence-electron chi connectivity index (χ2n) is 4.02. The topological polar surface area (TPSA) is 45.2 Å². The summed E-state index contributed by atoms with van der Waals surface area (Å²) in [5.41, 5.74) is 0. The Labute approximate surface area is 106 Å². The molecule has 1 aliphatic rings. The molecule has 1 aromatic rings. The van der Waals surface area contributed by atoms with Crippen molar-refractivity contribution in [3.05, 3.63) is 24.4 Å². The van der Waals surface area contributed by atoms with Crippen molar-refractivity contribution in [3.8, 4) is 0 Å². The van der Waals surface area contributed by atoms with Crippen LogP contribution in [0.3, 0.4) is 0 Å². The van der Waals surface area contributed by atoms with Gasteiger partial charge in [0.05, 0.1) is 0 Å². The number of rotatable bonds is 1. The van der Waals surface area contributed by atoms with Crippen LogP contribution in [-0.2, 0) is 4.79 Å². The fourth-order valence-corrected chi connectivity index (χ4v) is 2.08. The van der Waals surface area contributed by atoms with Gasteiger partial charge in [0.25, 0.3) is 5.91 Å². The molecule has 1 N–H and O–H groups in total. The molecule has 0 saturated carbocycles. The molecule has 0 aromatic carbocycles. The minimum atomic E-state index is -0.236. The Morgan fingerprint density at radius 1 is 1.29 bits per heavy atom. The quantitative estimate of drug-likeness (QED) is 0.771. The number of piperidine rings is 1. The van der Waals surface area contributed by atoms with Gasteiger partial charge in [-0.1, -0.05) is 18.3 Å². The Kier molecular flexibility index (Phi) is 4.03. The van der Waals surface area contributed by atoms with Crippen molar-refractivity contribution in [3.63, 3.8) is 0 Å². The van der Waals surface area contributed by atoms with E-state index in [4.69, 9.17) is 12.2 Å². The van der Waals surface area contributed by atoms with E-state index in [9.17, 15) is 4.79 Å². The number of nitrogens with zero attached hydrogens (tertiary/aromatic N) is 2. The van der Waals surface area contributed by atoms with Crippen molar-refractivity contribution in [2.45, 2.75) is 19.3 Å². The van der Waals surface area contributed by atoms with Crippen LogP contribution in [-0.4, -0.2) is 33.9 Å². The van der Waals surface area contributed by atoms with Crippen molar-refractivity contribution in [2.75, 3.05) is 18.4 Å². The first-order chi connectivity index (χ1) is 8.27. The van der Waals surface area contributed by atoms with Crippen LogP contribution in [0.5, 0.6) is 0 Å². The number of anilines is 1. The average Bonchev–Trinajstić information content (AvgIpc) is 2.40. The number of aromatic nitrogens is 1. The number of likely N-dealkylation sites (tertiary alicyclic amines) is 1. The third-order valence-electron chi connectivity index (χ3n) is 2.74. The summed E-state index contributed by atoms with van der Waals surface area (Å²) in [4.78, 5) is 18.3. The van der Waals surface area contributed by atoms with Gasteiger partial charge in [0.15, 0.2) is 4.99 Å². The summed E-state index contributed by atoms with van der Waals surface area (Å²) in [6.07, 6.45) is 5.08. The normalized spacial score (nSPS) is 15.4. The van der Waals surface area contributed by atoms with Gasteiger partial charge in [-0.3, -0.25) is 4.79 Å². The van der Waals surface area contributed by atoms with Crippen LogP contribution in [0.2, 0.25) is 0 Å². The van der Waals surface area contributed by atoms with Crippen molar-refractivity contribution in [1.29, 1.82) is 0 Å². The Hall–Kier alpha value is -1.49. The first kappa shape index (κ1) is 12.0. The number of hydrogen-bond donors (Lipinski definition) is 1. The van der Waals surface area contributed by atoms with Gasteiger partial charge in [-0.05, 0) is 31.4 Å². The molecule has 0 radical (unpaired) electrons. The fraction of sp³-hybridized carbons (Fsp3) is 0.417. The highest BCUT2D eigenvalue weighted by Crippen LogP contribution is 2.10. The second kappa shape index (κ2) is 5.72. The summed E-state index contributed by atoms with van der Waals surface area (Å²) in [5, 5.41) is 2.71. The molecule has 0 spiro atoms. The summed E-state index contributed by atoms with van der Waals surface area (Å²) in [6, 6.07) is 5.38. The fourth-order valence-electron chi connectivity index (χ4n) is 1.85. The van der Waals surface area contributed by atoms with E-state index in [1.807, 2.05) is 11.0 Å². The van der Waals surface area contributed by atoms with Gasteiger partial charge in [0, 0.05) is 19.3 Å². The maximum atomic E-state index is 11.9. The Bertz CT molecular complexity index is 401. The predicted molar refractivity (Wildman–Crippen MR) is 70.9 cm³/mol.